The molecule has 1 unspecified atom stereocenters. The number of hydrogen-bond acceptors (Lipinski definition) is 6. The highest BCUT2D eigenvalue weighted by molar-refractivity contribution is 7.93. The van der Waals surface area contributed by atoms with Crippen molar-refractivity contribution in [3.8, 4) is 0 Å². The summed E-state index contributed by atoms with van der Waals surface area (Å²) in [5.41, 5.74) is 0. The van der Waals surface area contributed by atoms with Gasteiger partial charge in [0.05, 0.1) is 9.73 Å². The minimum Gasteiger partial charge on any atom is -0.425 e. The molecule has 0 spiro atoms. The van der Waals surface area contributed by atoms with E-state index >= 15 is 0 Å². The summed E-state index contributed by atoms with van der Waals surface area (Å²) >= 11 is 0. The van der Waals surface area contributed by atoms with Crippen LogP contribution < -0.4 is 0 Å². The first-order chi connectivity index (χ1) is 14.3. The van der Waals surface area contributed by atoms with Crippen LogP contribution >= 0.6 is 0 Å². The zero-order chi connectivity index (χ0) is 21.7. The van der Waals surface area contributed by atoms with Crippen LogP contribution in [0.15, 0.2) is 20.9 Å². The third-order valence-corrected chi connectivity index (χ3v) is 8.08. The van der Waals surface area contributed by atoms with Crippen molar-refractivity contribution in [1.82, 2.24) is 15.1 Å². The van der Waals surface area contributed by atoms with Crippen LogP contribution in [0, 0.1) is 5.92 Å². The Kier molecular flexibility index (Phi) is 7.44. The lowest BCUT2D eigenvalue weighted by molar-refractivity contribution is -0.136. The number of allylic oxidation sites excluding steroid dienone is 2. The van der Waals surface area contributed by atoms with Crippen molar-refractivity contribution in [1.29, 1.82) is 0 Å². The third kappa shape index (κ3) is 5.77. The molecule has 0 saturated carbocycles. The van der Waals surface area contributed by atoms with E-state index in [0.717, 1.165) is 19.3 Å². The highest BCUT2D eigenvalue weighted by Crippen LogP contribution is 2.25. The normalized spacial score (nSPS) is 22.1. The van der Waals surface area contributed by atoms with Crippen LogP contribution in [-0.4, -0.2) is 55.7 Å². The average Bonchev–Trinajstić information content (AvgIpc) is 3.22. The summed E-state index contributed by atoms with van der Waals surface area (Å²) in [5, 5.41) is 7.71. The maximum Gasteiger partial charge on any atom is 0.254 e. The van der Waals surface area contributed by atoms with Gasteiger partial charge in [0.15, 0.2) is 0 Å². The molecule has 1 aliphatic heterocycles. The number of rotatable bonds is 6. The molecule has 2 amide bonds. The van der Waals surface area contributed by atoms with Gasteiger partial charge in [-0.1, -0.05) is 26.0 Å². The molecule has 9 heteroatoms. The zero-order valence-corrected chi connectivity index (χ0v) is 18.9. The van der Waals surface area contributed by atoms with Crippen molar-refractivity contribution >= 4 is 21.5 Å². The van der Waals surface area contributed by atoms with Gasteiger partial charge in [-0.25, -0.2) is 4.21 Å². The molecule has 30 heavy (non-hydrogen) atoms. The number of aromatic nitrogens is 2. The van der Waals surface area contributed by atoms with Gasteiger partial charge in [-0.05, 0) is 32.1 Å². The molecule has 0 N–H and O–H groups in total. The molecule has 1 saturated heterocycles. The summed E-state index contributed by atoms with van der Waals surface area (Å²) in [7, 11) is -2.66. The van der Waals surface area contributed by atoms with Crippen LogP contribution in [0.3, 0.4) is 0 Å². The molecule has 3 rings (SSSR count). The molecule has 0 bridgehead atoms. The van der Waals surface area contributed by atoms with E-state index in [4.69, 9.17) is 4.42 Å². The smallest absolute Gasteiger partial charge is 0.254 e. The monoisotopic (exact) mass is 436 g/mol. The van der Waals surface area contributed by atoms with Gasteiger partial charge < -0.3 is 9.32 Å². The summed E-state index contributed by atoms with van der Waals surface area (Å²) in [6.07, 6.45) is 10.1. The lowest BCUT2D eigenvalue weighted by Gasteiger charge is -2.34. The Morgan fingerprint density at radius 3 is 2.57 bits per heavy atom. The van der Waals surface area contributed by atoms with Crippen LogP contribution in [-0.2, 0) is 25.7 Å². The van der Waals surface area contributed by atoms with Crippen LogP contribution in [0.1, 0.15) is 70.1 Å². The van der Waals surface area contributed by atoms with E-state index in [1.54, 1.807) is 6.26 Å². The predicted molar refractivity (Wildman–Crippen MR) is 114 cm³/mol. The maximum absolute atomic E-state index is 13.1. The summed E-state index contributed by atoms with van der Waals surface area (Å²) < 4.78 is 22.6. The molecule has 1 fully saturated rings. The Balaban J connectivity index is 1.51. The van der Waals surface area contributed by atoms with E-state index in [1.165, 1.54) is 0 Å². The van der Waals surface area contributed by atoms with E-state index < -0.39 is 15.6 Å². The molecule has 2 atom stereocenters. The molecule has 1 aromatic rings. The van der Waals surface area contributed by atoms with E-state index in [0.29, 0.717) is 44.1 Å². The lowest BCUT2D eigenvalue weighted by Crippen LogP contribution is -2.44. The molecular weight excluding hydrogens is 404 g/mol. The first-order valence-electron chi connectivity index (χ1n) is 10.8. The maximum atomic E-state index is 13.1. The Morgan fingerprint density at radius 2 is 1.97 bits per heavy atom. The van der Waals surface area contributed by atoms with Gasteiger partial charge in [0, 0.05) is 49.3 Å². The number of carbonyl (C=O) groups is 2. The number of hydrogen-bond donors (Lipinski definition) is 0. The molecule has 8 nitrogen and oxygen atoms in total. The fourth-order valence-corrected chi connectivity index (χ4v) is 5.66. The Hall–Kier alpha value is -2.03. The molecule has 1 aromatic heterocycles. The van der Waals surface area contributed by atoms with Crippen LogP contribution in [0.25, 0.3) is 0 Å². The minimum atomic E-state index is -2.66. The number of likely N-dealkylation sites (tertiary alicyclic amines) is 1. The van der Waals surface area contributed by atoms with Crippen LogP contribution in [0.5, 0.6) is 0 Å². The number of amides is 2. The summed E-state index contributed by atoms with van der Waals surface area (Å²) in [4.78, 5) is 26.9. The standard InChI is InChI=1S/C21H32N4O4S/c1-15(2)20-23-22-19(29-20)10-9-18(26)24-30(3,28)17-11-13-25(14-12-17)21(27)16-7-5-4-6-8-16/h4-5,15-17H,6-14H2,1-3H3/t16-,30?/m1/s1. The van der Waals surface area contributed by atoms with Gasteiger partial charge in [0.1, 0.15) is 0 Å². The Labute approximate surface area is 178 Å². The van der Waals surface area contributed by atoms with Crippen molar-refractivity contribution in [2.24, 2.45) is 10.3 Å². The van der Waals surface area contributed by atoms with Crippen LogP contribution in [0.2, 0.25) is 0 Å². The summed E-state index contributed by atoms with van der Waals surface area (Å²) in [6, 6.07) is 0. The molecule has 2 heterocycles. The largest absolute Gasteiger partial charge is 0.425 e. The van der Waals surface area contributed by atoms with Gasteiger partial charge in [0.25, 0.3) is 5.91 Å². The molecule has 0 aromatic carbocycles. The quantitative estimate of drug-likeness (QED) is 0.635. The summed E-state index contributed by atoms with van der Waals surface area (Å²) in [5.74, 6) is 0.944. The van der Waals surface area contributed by atoms with Crippen molar-refractivity contribution in [3.05, 3.63) is 23.9 Å². The van der Waals surface area contributed by atoms with Crippen LogP contribution in [0.4, 0.5) is 0 Å². The van der Waals surface area contributed by atoms with Gasteiger partial charge in [0.2, 0.25) is 17.7 Å². The van der Waals surface area contributed by atoms with E-state index in [9.17, 15) is 13.8 Å². The second-order valence-electron chi connectivity index (χ2n) is 8.54. The predicted octanol–water partition coefficient (Wildman–Crippen LogP) is 3.10. The van der Waals surface area contributed by atoms with Crippen molar-refractivity contribution in [3.63, 3.8) is 0 Å². The molecular formula is C21H32N4O4S. The molecule has 2 aliphatic rings. The average molecular weight is 437 g/mol. The number of piperidine rings is 1. The van der Waals surface area contributed by atoms with Gasteiger partial charge >= 0.3 is 0 Å². The fraction of sp³-hybridized carbons (Fsp3) is 0.714. The second-order valence-corrected chi connectivity index (χ2v) is 11.1. The number of nitrogens with zero attached hydrogens (tertiary/aromatic N) is 4. The number of carbonyl (C=O) groups excluding carboxylic acids is 2. The van der Waals surface area contributed by atoms with E-state index in [2.05, 4.69) is 26.7 Å². The Morgan fingerprint density at radius 1 is 1.23 bits per heavy atom. The highest BCUT2D eigenvalue weighted by Gasteiger charge is 2.31. The Bertz CT molecular complexity index is 906. The van der Waals surface area contributed by atoms with Gasteiger partial charge in [-0.15, -0.1) is 10.2 Å². The molecule has 0 radical (unpaired) electrons. The van der Waals surface area contributed by atoms with Crippen molar-refractivity contribution in [2.45, 2.75) is 70.0 Å². The first kappa shape index (κ1) is 22.7. The van der Waals surface area contributed by atoms with E-state index in [-0.39, 0.29) is 29.4 Å². The third-order valence-electron chi connectivity index (χ3n) is 5.80. The van der Waals surface area contributed by atoms with Crippen molar-refractivity contribution < 1.29 is 18.2 Å². The fourth-order valence-electron chi connectivity index (χ4n) is 3.93. The highest BCUT2D eigenvalue weighted by atomic mass is 32.2. The second kappa shape index (κ2) is 9.85. The minimum absolute atomic E-state index is 0.0738. The number of aryl methyl sites for hydroxylation is 1. The topological polar surface area (TPSA) is 106 Å². The molecule has 1 aliphatic carbocycles. The summed E-state index contributed by atoms with van der Waals surface area (Å²) in [6.45, 7) is 5.07. The molecule has 166 valence electrons. The zero-order valence-electron chi connectivity index (χ0n) is 18.1. The lowest BCUT2D eigenvalue weighted by atomic mass is 9.92. The van der Waals surface area contributed by atoms with Crippen molar-refractivity contribution in [2.75, 3.05) is 19.3 Å². The van der Waals surface area contributed by atoms with Gasteiger partial charge in [-0.3, -0.25) is 9.59 Å². The van der Waals surface area contributed by atoms with Gasteiger partial charge in [-0.2, -0.15) is 4.36 Å². The van der Waals surface area contributed by atoms with E-state index in [1.807, 2.05) is 18.7 Å². The SMILES string of the molecule is CC(C)c1nnc(CCC(=O)N=S(C)(=O)C2CCN(C(=O)[C@@H]3CC=CCC3)CC2)o1. The first-order valence-corrected chi connectivity index (χ1v) is 12.7.